The van der Waals surface area contributed by atoms with Gasteiger partial charge in [0.15, 0.2) is 5.43 Å². The number of hydrogen-bond acceptors (Lipinski definition) is 6. The fraction of sp³-hybridized carbons (Fsp3) is 0.448. The Morgan fingerprint density at radius 1 is 1.00 bits per heavy atom. The number of piperidine rings is 1. The van der Waals surface area contributed by atoms with Gasteiger partial charge in [0.05, 0.1) is 24.5 Å². The van der Waals surface area contributed by atoms with Crippen LogP contribution in [0.2, 0.25) is 0 Å². The quantitative estimate of drug-likeness (QED) is 0.262. The average molecular weight is 478 g/mol. The second-order valence-electron chi connectivity index (χ2n) is 9.13. The van der Waals surface area contributed by atoms with Crippen LogP contribution in [0.5, 0.6) is 5.75 Å². The Labute approximate surface area is 206 Å². The van der Waals surface area contributed by atoms with Gasteiger partial charge in [-0.25, -0.2) is 0 Å². The molecule has 0 atom stereocenters. The molecule has 1 aromatic heterocycles. The number of esters is 1. The molecule has 0 unspecified atom stereocenters. The Morgan fingerprint density at radius 3 is 2.54 bits per heavy atom. The van der Waals surface area contributed by atoms with Gasteiger partial charge in [0.25, 0.3) is 0 Å². The Kier molecular flexibility index (Phi) is 8.96. The number of likely N-dealkylation sites (tertiary alicyclic amines) is 1. The van der Waals surface area contributed by atoms with Crippen LogP contribution in [0.3, 0.4) is 0 Å². The highest BCUT2D eigenvalue weighted by molar-refractivity contribution is 5.80. The number of benzene rings is 2. The molecule has 1 aliphatic rings. The molecule has 0 saturated carbocycles. The van der Waals surface area contributed by atoms with Crippen molar-refractivity contribution in [3.63, 3.8) is 0 Å². The SMILES string of the molecule is CCOC(=O)C1CCN(CCCCCCOc2ccc3oc(-c4ccccc4)cc(=O)c3c2)CC1. The smallest absolute Gasteiger partial charge is 0.309 e. The van der Waals surface area contributed by atoms with Gasteiger partial charge in [-0.1, -0.05) is 43.2 Å². The summed E-state index contributed by atoms with van der Waals surface area (Å²) >= 11 is 0. The van der Waals surface area contributed by atoms with Crippen molar-refractivity contribution < 1.29 is 18.7 Å². The molecule has 1 fully saturated rings. The predicted molar refractivity (Wildman–Crippen MR) is 138 cm³/mol. The second kappa shape index (κ2) is 12.5. The summed E-state index contributed by atoms with van der Waals surface area (Å²) in [5.41, 5.74) is 1.38. The molecule has 6 nitrogen and oxygen atoms in total. The van der Waals surface area contributed by atoms with Crippen molar-refractivity contribution in [3.05, 3.63) is 64.8 Å². The third-order valence-corrected chi connectivity index (χ3v) is 6.60. The fourth-order valence-electron chi connectivity index (χ4n) is 4.60. The maximum Gasteiger partial charge on any atom is 0.309 e. The predicted octanol–water partition coefficient (Wildman–Crippen LogP) is 5.67. The van der Waals surface area contributed by atoms with Crippen LogP contribution in [0, 0.1) is 5.92 Å². The van der Waals surface area contributed by atoms with Gasteiger partial charge in [-0.05, 0) is 70.4 Å². The van der Waals surface area contributed by atoms with E-state index in [-0.39, 0.29) is 17.3 Å². The van der Waals surface area contributed by atoms with E-state index in [9.17, 15) is 9.59 Å². The number of unbranched alkanes of at least 4 members (excludes halogenated alkanes) is 3. The number of fused-ring (bicyclic) bond motifs is 1. The molecule has 186 valence electrons. The highest BCUT2D eigenvalue weighted by Gasteiger charge is 2.25. The summed E-state index contributed by atoms with van der Waals surface area (Å²) in [5.74, 6) is 1.31. The van der Waals surface area contributed by atoms with Gasteiger partial charge in [0.2, 0.25) is 0 Å². The summed E-state index contributed by atoms with van der Waals surface area (Å²) in [6.45, 7) is 6.01. The zero-order valence-electron chi connectivity index (χ0n) is 20.5. The van der Waals surface area contributed by atoms with E-state index in [2.05, 4.69) is 4.90 Å². The summed E-state index contributed by atoms with van der Waals surface area (Å²) < 4.78 is 17.0. The highest BCUT2D eigenvalue weighted by atomic mass is 16.5. The van der Waals surface area contributed by atoms with Crippen LogP contribution in [0.15, 0.2) is 63.8 Å². The summed E-state index contributed by atoms with van der Waals surface area (Å²) in [7, 11) is 0. The molecule has 2 aromatic carbocycles. The van der Waals surface area contributed by atoms with E-state index in [0.717, 1.165) is 63.7 Å². The maximum absolute atomic E-state index is 12.6. The van der Waals surface area contributed by atoms with Crippen molar-refractivity contribution in [1.82, 2.24) is 4.90 Å². The van der Waals surface area contributed by atoms with Crippen LogP contribution in [0.4, 0.5) is 0 Å². The van der Waals surface area contributed by atoms with Crippen molar-refractivity contribution in [2.45, 2.75) is 45.4 Å². The molecule has 0 N–H and O–H groups in total. The first kappa shape index (κ1) is 25.0. The molecule has 4 rings (SSSR count). The topological polar surface area (TPSA) is 69.0 Å². The molecule has 0 bridgehead atoms. The van der Waals surface area contributed by atoms with Gasteiger partial charge in [-0.2, -0.15) is 0 Å². The standard InChI is InChI=1S/C29H35NO5/c1-2-33-29(32)23-14-17-30(18-15-23)16-8-3-4-9-19-34-24-12-13-27-25(20-24)26(31)21-28(35-27)22-10-6-5-7-11-22/h5-7,10-13,20-21,23H,2-4,8-9,14-19H2,1H3. The zero-order valence-corrected chi connectivity index (χ0v) is 20.5. The lowest BCUT2D eigenvalue weighted by Gasteiger charge is -2.30. The van der Waals surface area contributed by atoms with Crippen LogP contribution in [-0.2, 0) is 9.53 Å². The van der Waals surface area contributed by atoms with E-state index < -0.39 is 0 Å². The molecule has 0 spiro atoms. The van der Waals surface area contributed by atoms with Crippen LogP contribution < -0.4 is 10.2 Å². The largest absolute Gasteiger partial charge is 0.494 e. The number of ether oxygens (including phenoxy) is 2. The molecule has 0 amide bonds. The van der Waals surface area contributed by atoms with E-state index in [4.69, 9.17) is 13.9 Å². The van der Waals surface area contributed by atoms with Crippen LogP contribution in [0.25, 0.3) is 22.3 Å². The molecule has 1 aliphatic heterocycles. The zero-order chi connectivity index (χ0) is 24.5. The summed E-state index contributed by atoms with van der Waals surface area (Å²) in [6.07, 6.45) is 6.21. The number of rotatable bonds is 11. The van der Waals surface area contributed by atoms with Gasteiger partial charge in [0, 0.05) is 11.6 Å². The third kappa shape index (κ3) is 6.95. The summed E-state index contributed by atoms with van der Waals surface area (Å²) in [6, 6.07) is 16.6. The maximum atomic E-state index is 12.6. The van der Waals surface area contributed by atoms with Gasteiger partial charge < -0.3 is 18.8 Å². The monoisotopic (exact) mass is 477 g/mol. The van der Waals surface area contributed by atoms with Crippen LogP contribution >= 0.6 is 0 Å². The number of carbonyl (C=O) groups is 1. The molecule has 0 aliphatic carbocycles. The Hall–Kier alpha value is -3.12. The first-order valence-corrected chi connectivity index (χ1v) is 12.8. The van der Waals surface area contributed by atoms with Crippen molar-refractivity contribution in [1.29, 1.82) is 0 Å². The number of hydrogen-bond donors (Lipinski definition) is 0. The number of carbonyl (C=O) groups excluding carboxylic acids is 1. The van der Waals surface area contributed by atoms with Crippen molar-refractivity contribution in [2.75, 3.05) is 32.8 Å². The molecule has 6 heteroatoms. The fourth-order valence-corrected chi connectivity index (χ4v) is 4.60. The van der Waals surface area contributed by atoms with E-state index >= 15 is 0 Å². The number of nitrogens with zero attached hydrogens (tertiary/aromatic N) is 1. The minimum atomic E-state index is -0.0677. The van der Waals surface area contributed by atoms with Crippen LogP contribution in [0.1, 0.15) is 45.4 Å². The second-order valence-corrected chi connectivity index (χ2v) is 9.13. The normalized spacial score (nSPS) is 14.8. The highest BCUT2D eigenvalue weighted by Crippen LogP contribution is 2.25. The van der Waals surface area contributed by atoms with E-state index in [0.29, 0.717) is 35.7 Å². The summed E-state index contributed by atoms with van der Waals surface area (Å²) in [5, 5.41) is 0.536. The Bertz CT molecular complexity index is 1150. The van der Waals surface area contributed by atoms with Gasteiger partial charge in [-0.3, -0.25) is 9.59 Å². The molecule has 0 radical (unpaired) electrons. The molecule has 35 heavy (non-hydrogen) atoms. The lowest BCUT2D eigenvalue weighted by Crippen LogP contribution is -2.37. The van der Waals surface area contributed by atoms with E-state index in [1.807, 2.05) is 49.4 Å². The molecule has 1 saturated heterocycles. The van der Waals surface area contributed by atoms with Crippen molar-refractivity contribution >= 4 is 16.9 Å². The molecular weight excluding hydrogens is 442 g/mol. The minimum Gasteiger partial charge on any atom is -0.494 e. The first-order valence-electron chi connectivity index (χ1n) is 12.8. The molecule has 3 aromatic rings. The lowest BCUT2D eigenvalue weighted by molar-refractivity contribution is -0.149. The van der Waals surface area contributed by atoms with Gasteiger partial charge >= 0.3 is 5.97 Å². The Balaban J connectivity index is 1.15. The Morgan fingerprint density at radius 2 is 1.77 bits per heavy atom. The van der Waals surface area contributed by atoms with E-state index in [1.165, 1.54) is 0 Å². The molecule has 2 heterocycles. The first-order chi connectivity index (χ1) is 17.1. The lowest BCUT2D eigenvalue weighted by atomic mass is 9.97. The van der Waals surface area contributed by atoms with Gasteiger partial charge in [0.1, 0.15) is 17.1 Å². The summed E-state index contributed by atoms with van der Waals surface area (Å²) in [4.78, 5) is 26.9. The van der Waals surface area contributed by atoms with Crippen molar-refractivity contribution in [2.24, 2.45) is 5.92 Å². The van der Waals surface area contributed by atoms with Crippen LogP contribution in [-0.4, -0.2) is 43.7 Å². The van der Waals surface area contributed by atoms with Gasteiger partial charge in [-0.15, -0.1) is 0 Å². The van der Waals surface area contributed by atoms with E-state index in [1.54, 1.807) is 12.1 Å². The third-order valence-electron chi connectivity index (χ3n) is 6.60. The minimum absolute atomic E-state index is 0.0311. The molecular formula is C29H35NO5. The average Bonchev–Trinajstić information content (AvgIpc) is 2.89. The van der Waals surface area contributed by atoms with Crippen molar-refractivity contribution in [3.8, 4) is 17.1 Å².